The minimum absolute atomic E-state index is 0.123. The van der Waals surface area contributed by atoms with Crippen LogP contribution in [0.5, 0.6) is 0 Å². The monoisotopic (exact) mass is 354 g/mol. The van der Waals surface area contributed by atoms with Gasteiger partial charge in [0.15, 0.2) is 5.52 Å². The van der Waals surface area contributed by atoms with Crippen LogP contribution in [0.3, 0.4) is 0 Å². The molecule has 0 spiro atoms. The van der Waals surface area contributed by atoms with Crippen molar-refractivity contribution in [1.82, 2.24) is 24.1 Å². The minimum Gasteiger partial charge on any atom is -0.307 e. The maximum atomic E-state index is 12.1. The Hall–Kier alpha value is -3.49. The molecule has 1 N–H and O–H groups in total. The summed E-state index contributed by atoms with van der Waals surface area (Å²) in [6.45, 7) is 1.86. The number of amides is 1. The molecule has 2 heterocycles. The zero-order chi connectivity index (χ0) is 18.8. The molecule has 1 amide bonds. The Balaban J connectivity index is 1.79. The van der Waals surface area contributed by atoms with E-state index in [2.05, 4.69) is 15.5 Å². The van der Waals surface area contributed by atoms with E-state index in [-0.39, 0.29) is 17.7 Å². The first kappa shape index (κ1) is 17.3. The van der Waals surface area contributed by atoms with Gasteiger partial charge in [-0.2, -0.15) is 5.10 Å². The second-order valence-electron chi connectivity index (χ2n) is 5.95. The van der Waals surface area contributed by atoms with Crippen molar-refractivity contribution in [3.05, 3.63) is 62.6 Å². The molecule has 1 aromatic carbocycles. The van der Waals surface area contributed by atoms with Crippen LogP contribution in [-0.2, 0) is 25.4 Å². The van der Waals surface area contributed by atoms with Gasteiger partial charge in [0.2, 0.25) is 0 Å². The van der Waals surface area contributed by atoms with E-state index >= 15 is 0 Å². The largest absolute Gasteiger partial charge is 0.332 e. The van der Waals surface area contributed by atoms with Crippen LogP contribution < -0.4 is 16.7 Å². The predicted octanol–water partition coefficient (Wildman–Crippen LogP) is -0.108. The fourth-order valence-electron chi connectivity index (χ4n) is 2.58. The lowest BCUT2D eigenvalue weighted by Crippen LogP contribution is -2.37. The molecule has 0 radical (unpaired) electrons. The molecule has 0 fully saturated rings. The summed E-state index contributed by atoms with van der Waals surface area (Å²) >= 11 is 0. The summed E-state index contributed by atoms with van der Waals surface area (Å²) in [6, 6.07) is 7.67. The fourth-order valence-corrected chi connectivity index (χ4v) is 2.58. The van der Waals surface area contributed by atoms with E-state index in [1.807, 2.05) is 31.2 Å². The van der Waals surface area contributed by atoms with E-state index < -0.39 is 17.2 Å². The van der Waals surface area contributed by atoms with Gasteiger partial charge in [-0.15, -0.1) is 0 Å². The zero-order valence-electron chi connectivity index (χ0n) is 14.6. The number of imidazole rings is 1. The highest BCUT2D eigenvalue weighted by atomic mass is 16.2. The third-order valence-electron chi connectivity index (χ3n) is 4.00. The predicted molar refractivity (Wildman–Crippen MR) is 97.1 cm³/mol. The number of rotatable bonds is 4. The molecule has 134 valence electrons. The Morgan fingerprint density at radius 3 is 2.58 bits per heavy atom. The quantitative estimate of drug-likeness (QED) is 0.522. The highest BCUT2D eigenvalue weighted by Gasteiger charge is 2.15. The lowest BCUT2D eigenvalue weighted by atomic mass is 10.2. The van der Waals surface area contributed by atoms with Gasteiger partial charge < -0.3 is 4.57 Å². The standard InChI is InChI=1S/C17H18N6O3/c1-11-4-6-12(7-5-11)8-19-20-13(24)9-23-10-18-14-15(23)21(2)17(26)22(3)16(14)25/h4-8,10H,9H2,1-3H3,(H,20,24)/b19-8-. The van der Waals surface area contributed by atoms with Crippen molar-refractivity contribution in [3.63, 3.8) is 0 Å². The van der Waals surface area contributed by atoms with Gasteiger partial charge in [0, 0.05) is 14.1 Å². The molecular weight excluding hydrogens is 336 g/mol. The minimum atomic E-state index is -0.500. The molecule has 26 heavy (non-hydrogen) atoms. The molecule has 0 saturated heterocycles. The first-order chi connectivity index (χ1) is 12.4. The lowest BCUT2D eigenvalue weighted by molar-refractivity contribution is -0.121. The van der Waals surface area contributed by atoms with Crippen LogP contribution in [0.2, 0.25) is 0 Å². The number of hydrogen-bond donors (Lipinski definition) is 1. The summed E-state index contributed by atoms with van der Waals surface area (Å²) in [5, 5.41) is 3.91. The number of carbonyl (C=O) groups is 1. The van der Waals surface area contributed by atoms with Crippen molar-refractivity contribution >= 4 is 23.3 Å². The van der Waals surface area contributed by atoms with Crippen molar-refractivity contribution in [1.29, 1.82) is 0 Å². The van der Waals surface area contributed by atoms with Crippen molar-refractivity contribution < 1.29 is 4.79 Å². The summed E-state index contributed by atoms with van der Waals surface area (Å²) < 4.78 is 3.70. The second-order valence-corrected chi connectivity index (χ2v) is 5.95. The summed E-state index contributed by atoms with van der Waals surface area (Å²) in [6.07, 6.45) is 2.89. The van der Waals surface area contributed by atoms with E-state index in [1.165, 1.54) is 35.8 Å². The molecule has 0 aliphatic rings. The summed E-state index contributed by atoms with van der Waals surface area (Å²) in [7, 11) is 2.91. The van der Waals surface area contributed by atoms with Crippen LogP contribution in [0.1, 0.15) is 11.1 Å². The molecule has 3 aromatic rings. The number of nitrogens with one attached hydrogen (secondary N) is 1. The van der Waals surface area contributed by atoms with E-state index in [4.69, 9.17) is 0 Å². The van der Waals surface area contributed by atoms with Crippen LogP contribution in [0, 0.1) is 6.92 Å². The zero-order valence-corrected chi connectivity index (χ0v) is 14.6. The number of nitrogens with zero attached hydrogens (tertiary/aromatic N) is 5. The van der Waals surface area contributed by atoms with E-state index in [1.54, 1.807) is 0 Å². The lowest BCUT2D eigenvalue weighted by Gasteiger charge is -2.07. The third kappa shape index (κ3) is 3.18. The Kier molecular flexibility index (Phi) is 4.53. The topological polar surface area (TPSA) is 103 Å². The maximum absolute atomic E-state index is 12.1. The Labute approximate surface area is 148 Å². The molecule has 0 saturated carbocycles. The van der Waals surface area contributed by atoms with Crippen molar-refractivity contribution in [2.45, 2.75) is 13.5 Å². The van der Waals surface area contributed by atoms with Gasteiger partial charge in [-0.1, -0.05) is 29.8 Å². The van der Waals surface area contributed by atoms with Gasteiger partial charge in [-0.3, -0.25) is 18.7 Å². The number of fused-ring (bicyclic) bond motifs is 1. The van der Waals surface area contributed by atoms with E-state index in [0.717, 1.165) is 15.7 Å². The smallest absolute Gasteiger partial charge is 0.307 e. The number of aryl methyl sites for hydroxylation is 2. The molecule has 0 unspecified atom stereocenters. The Morgan fingerprint density at radius 2 is 1.88 bits per heavy atom. The number of hydrazone groups is 1. The average Bonchev–Trinajstić information content (AvgIpc) is 3.03. The van der Waals surface area contributed by atoms with Gasteiger partial charge in [0.05, 0.1) is 12.5 Å². The molecule has 9 nitrogen and oxygen atoms in total. The molecule has 0 bridgehead atoms. The van der Waals surface area contributed by atoms with Gasteiger partial charge in [0.1, 0.15) is 12.2 Å². The fraction of sp³-hybridized carbons (Fsp3) is 0.235. The molecular formula is C17H18N6O3. The molecule has 0 aliphatic carbocycles. The first-order valence-electron chi connectivity index (χ1n) is 7.88. The van der Waals surface area contributed by atoms with Crippen LogP contribution in [0.25, 0.3) is 11.2 Å². The van der Waals surface area contributed by atoms with Crippen molar-refractivity contribution in [2.24, 2.45) is 19.2 Å². The molecule has 0 aliphatic heterocycles. The summed E-state index contributed by atoms with van der Waals surface area (Å²) in [5.74, 6) is -0.402. The van der Waals surface area contributed by atoms with Crippen LogP contribution in [0.15, 0.2) is 45.3 Å². The number of aromatic nitrogens is 4. The number of benzene rings is 1. The van der Waals surface area contributed by atoms with Crippen LogP contribution in [0.4, 0.5) is 0 Å². The third-order valence-corrected chi connectivity index (χ3v) is 4.00. The van der Waals surface area contributed by atoms with Gasteiger partial charge in [-0.25, -0.2) is 15.2 Å². The molecule has 2 aromatic heterocycles. The highest BCUT2D eigenvalue weighted by molar-refractivity contribution is 5.83. The molecule has 9 heteroatoms. The van der Waals surface area contributed by atoms with Crippen molar-refractivity contribution in [2.75, 3.05) is 0 Å². The average molecular weight is 354 g/mol. The van der Waals surface area contributed by atoms with Crippen LogP contribution >= 0.6 is 0 Å². The highest BCUT2D eigenvalue weighted by Crippen LogP contribution is 2.05. The molecule has 3 rings (SSSR count). The normalized spacial score (nSPS) is 11.3. The van der Waals surface area contributed by atoms with E-state index in [9.17, 15) is 14.4 Å². The number of carbonyl (C=O) groups excluding carboxylic acids is 1. The first-order valence-corrected chi connectivity index (χ1v) is 7.88. The maximum Gasteiger partial charge on any atom is 0.332 e. The Bertz CT molecular complexity index is 1120. The van der Waals surface area contributed by atoms with Gasteiger partial charge in [0.25, 0.3) is 11.5 Å². The summed E-state index contributed by atoms with van der Waals surface area (Å²) in [4.78, 5) is 40.3. The van der Waals surface area contributed by atoms with Gasteiger partial charge >= 0.3 is 5.69 Å². The van der Waals surface area contributed by atoms with Crippen molar-refractivity contribution in [3.8, 4) is 0 Å². The Morgan fingerprint density at radius 1 is 1.19 bits per heavy atom. The number of hydrogen-bond acceptors (Lipinski definition) is 5. The van der Waals surface area contributed by atoms with E-state index in [0.29, 0.717) is 0 Å². The summed E-state index contributed by atoms with van der Waals surface area (Å²) in [5.41, 5.74) is 3.84. The SMILES string of the molecule is Cc1ccc(/C=N\NC(=O)Cn2cnc3c(=O)n(C)c(=O)n(C)c32)cc1. The van der Waals surface area contributed by atoms with Crippen LogP contribution in [-0.4, -0.2) is 30.8 Å². The molecule has 0 atom stereocenters. The second kappa shape index (κ2) is 6.79. The van der Waals surface area contributed by atoms with Gasteiger partial charge in [-0.05, 0) is 12.5 Å².